The van der Waals surface area contributed by atoms with Crippen molar-refractivity contribution in [2.75, 3.05) is 6.61 Å². The lowest BCUT2D eigenvalue weighted by atomic mass is 10.0. The molecule has 1 aromatic carbocycles. The molecule has 0 aromatic heterocycles. The first-order chi connectivity index (χ1) is 8.45. The van der Waals surface area contributed by atoms with E-state index < -0.39 is 40.7 Å². The van der Waals surface area contributed by atoms with Gasteiger partial charge < -0.3 is 10.5 Å². The Hall–Kier alpha value is -1.63. The normalized spacial score (nSPS) is 16.4. The average Bonchev–Trinajstić information content (AvgIpc) is 2.88. The van der Waals surface area contributed by atoms with Crippen LogP contribution in [0.15, 0.2) is 11.8 Å². The summed E-state index contributed by atoms with van der Waals surface area (Å²) in [5.41, 5.74) is 4.38. The van der Waals surface area contributed by atoms with Gasteiger partial charge in [0.25, 0.3) is 0 Å². The lowest BCUT2D eigenvalue weighted by Crippen LogP contribution is -2.20. The number of ether oxygens (including phenoxy) is 1. The van der Waals surface area contributed by atoms with Crippen LogP contribution in [0, 0.1) is 29.1 Å². The molecule has 1 aromatic rings. The monoisotopic (exact) mass is 265 g/mol. The second-order valence-electron chi connectivity index (χ2n) is 3.70. The maximum Gasteiger partial charge on any atom is 0.200 e. The lowest BCUT2D eigenvalue weighted by molar-refractivity contribution is 0.221. The molecule has 0 aliphatic carbocycles. The smallest absolute Gasteiger partial charge is 0.200 e. The van der Waals surface area contributed by atoms with Gasteiger partial charge >= 0.3 is 0 Å². The highest BCUT2D eigenvalue weighted by Crippen LogP contribution is 2.31. The van der Waals surface area contributed by atoms with Gasteiger partial charge in [0, 0.05) is 6.42 Å². The second kappa shape index (κ2) is 4.56. The van der Waals surface area contributed by atoms with Crippen LogP contribution in [-0.4, -0.2) is 6.61 Å². The molecule has 0 saturated carbocycles. The minimum atomic E-state index is -2.21. The van der Waals surface area contributed by atoms with Crippen molar-refractivity contribution < 1.29 is 26.7 Å². The molecule has 2 nitrogen and oxygen atoms in total. The number of hydrogen-bond acceptors (Lipinski definition) is 2. The summed E-state index contributed by atoms with van der Waals surface area (Å²) < 4.78 is 70.6. The molecular weight excluding hydrogens is 257 g/mol. The van der Waals surface area contributed by atoms with Crippen LogP contribution in [-0.2, 0) is 4.74 Å². The summed E-state index contributed by atoms with van der Waals surface area (Å²) in [4.78, 5) is 0. The zero-order valence-electron chi connectivity index (χ0n) is 8.94. The topological polar surface area (TPSA) is 35.2 Å². The summed E-state index contributed by atoms with van der Waals surface area (Å²) in [7, 11) is 0. The molecular formula is C11H8F5NO. The second-order valence-corrected chi connectivity index (χ2v) is 3.70. The van der Waals surface area contributed by atoms with Gasteiger partial charge in [0.05, 0.1) is 18.2 Å². The van der Waals surface area contributed by atoms with Crippen molar-refractivity contribution >= 4 is 0 Å². The Balaban J connectivity index is 2.57. The summed E-state index contributed by atoms with van der Waals surface area (Å²) in [5.74, 6) is -10.1. The van der Waals surface area contributed by atoms with Gasteiger partial charge in [0.2, 0.25) is 5.82 Å². The van der Waals surface area contributed by atoms with E-state index in [0.29, 0.717) is 6.42 Å². The molecule has 0 bridgehead atoms. The van der Waals surface area contributed by atoms with Gasteiger partial charge in [-0.25, -0.2) is 22.0 Å². The highest BCUT2D eigenvalue weighted by atomic mass is 19.2. The van der Waals surface area contributed by atoms with Gasteiger partial charge in [-0.3, -0.25) is 0 Å². The number of hydrogen-bond donors (Lipinski definition) is 1. The highest BCUT2D eigenvalue weighted by Gasteiger charge is 2.31. The predicted octanol–water partition coefficient (Wildman–Crippen LogP) is 2.69. The molecule has 2 rings (SSSR count). The van der Waals surface area contributed by atoms with Crippen molar-refractivity contribution in [2.45, 2.75) is 12.5 Å². The van der Waals surface area contributed by atoms with E-state index in [1.807, 2.05) is 0 Å². The first-order valence-corrected chi connectivity index (χ1v) is 5.05. The molecule has 18 heavy (non-hydrogen) atoms. The first kappa shape index (κ1) is 12.8. The molecule has 1 atom stereocenters. The summed E-state index contributed by atoms with van der Waals surface area (Å²) in [6.45, 7) is 0.262. The quantitative estimate of drug-likeness (QED) is 0.507. The standard InChI is InChI=1S/C11H8F5NO/c12-6-5(11(17)4-2-1-3-18-4)7(13)9(15)10(16)8(6)14/h2,11H,1,3,17H2. The van der Waals surface area contributed by atoms with Gasteiger partial charge in [-0.1, -0.05) is 0 Å². The molecule has 0 fully saturated rings. The summed E-state index contributed by atoms with van der Waals surface area (Å²) >= 11 is 0. The van der Waals surface area contributed by atoms with Gasteiger partial charge in [-0.15, -0.1) is 0 Å². The van der Waals surface area contributed by atoms with Crippen molar-refractivity contribution in [2.24, 2.45) is 5.73 Å². The Labute approximate surface area is 98.8 Å². The van der Waals surface area contributed by atoms with Crippen molar-refractivity contribution in [3.05, 3.63) is 46.5 Å². The van der Waals surface area contributed by atoms with Crippen molar-refractivity contribution in [3.63, 3.8) is 0 Å². The third kappa shape index (κ3) is 1.84. The predicted molar refractivity (Wildman–Crippen MR) is 51.8 cm³/mol. The van der Waals surface area contributed by atoms with Crippen LogP contribution in [0.4, 0.5) is 22.0 Å². The van der Waals surface area contributed by atoms with E-state index >= 15 is 0 Å². The molecule has 1 heterocycles. The van der Waals surface area contributed by atoms with Crippen molar-refractivity contribution in [1.82, 2.24) is 0 Å². The molecule has 7 heteroatoms. The van der Waals surface area contributed by atoms with Gasteiger partial charge in [0.15, 0.2) is 23.3 Å². The summed E-state index contributed by atoms with van der Waals surface area (Å²) in [5, 5.41) is 0. The highest BCUT2D eigenvalue weighted by molar-refractivity contribution is 5.31. The van der Waals surface area contributed by atoms with Gasteiger partial charge in [-0.05, 0) is 6.08 Å². The minimum Gasteiger partial charge on any atom is -0.496 e. The summed E-state index contributed by atoms with van der Waals surface area (Å²) in [6, 6.07) is -1.52. The molecule has 1 unspecified atom stereocenters. The third-order valence-corrected chi connectivity index (χ3v) is 2.59. The molecule has 1 aliphatic rings. The van der Waals surface area contributed by atoms with Crippen LogP contribution >= 0.6 is 0 Å². The number of rotatable bonds is 2. The van der Waals surface area contributed by atoms with Crippen LogP contribution in [0.3, 0.4) is 0 Å². The minimum absolute atomic E-state index is 0.00166. The molecule has 1 aliphatic heterocycles. The Morgan fingerprint density at radius 3 is 1.89 bits per heavy atom. The van der Waals surface area contributed by atoms with Gasteiger partial charge in [0.1, 0.15) is 5.76 Å². The largest absolute Gasteiger partial charge is 0.496 e. The van der Waals surface area contributed by atoms with E-state index in [1.54, 1.807) is 0 Å². The molecule has 0 radical (unpaired) electrons. The maximum absolute atomic E-state index is 13.4. The Morgan fingerprint density at radius 2 is 1.44 bits per heavy atom. The molecule has 2 N–H and O–H groups in total. The zero-order valence-corrected chi connectivity index (χ0v) is 8.94. The van der Waals surface area contributed by atoms with Crippen LogP contribution < -0.4 is 5.73 Å². The van der Waals surface area contributed by atoms with E-state index in [9.17, 15) is 22.0 Å². The third-order valence-electron chi connectivity index (χ3n) is 2.59. The molecule has 0 saturated heterocycles. The Morgan fingerprint density at radius 1 is 0.944 bits per heavy atom. The fourth-order valence-electron chi connectivity index (χ4n) is 1.69. The van der Waals surface area contributed by atoms with Crippen LogP contribution in [0.5, 0.6) is 0 Å². The van der Waals surface area contributed by atoms with Crippen molar-refractivity contribution in [1.29, 1.82) is 0 Å². The first-order valence-electron chi connectivity index (χ1n) is 5.05. The van der Waals surface area contributed by atoms with Crippen LogP contribution in [0.1, 0.15) is 18.0 Å². The van der Waals surface area contributed by atoms with E-state index in [0.717, 1.165) is 0 Å². The van der Waals surface area contributed by atoms with Crippen LogP contribution in [0.2, 0.25) is 0 Å². The zero-order chi connectivity index (χ0) is 13.4. The fraction of sp³-hybridized carbons (Fsp3) is 0.273. The molecule has 0 amide bonds. The van der Waals surface area contributed by atoms with E-state index in [1.165, 1.54) is 6.08 Å². The van der Waals surface area contributed by atoms with E-state index in [2.05, 4.69) is 0 Å². The van der Waals surface area contributed by atoms with Gasteiger partial charge in [-0.2, -0.15) is 0 Å². The Kier molecular flexibility index (Phi) is 3.25. The lowest BCUT2D eigenvalue weighted by Gasteiger charge is -2.16. The number of nitrogens with two attached hydrogens (primary N) is 1. The SMILES string of the molecule is NC(C1=CCCO1)c1c(F)c(F)c(F)c(F)c1F. The van der Waals surface area contributed by atoms with Crippen molar-refractivity contribution in [3.8, 4) is 0 Å². The summed E-state index contributed by atoms with van der Waals surface area (Å²) in [6.07, 6.45) is 1.92. The fourth-order valence-corrected chi connectivity index (χ4v) is 1.69. The van der Waals surface area contributed by atoms with E-state index in [-0.39, 0.29) is 12.4 Å². The molecule has 98 valence electrons. The number of benzene rings is 1. The van der Waals surface area contributed by atoms with Crippen LogP contribution in [0.25, 0.3) is 0 Å². The number of halogens is 5. The average molecular weight is 265 g/mol. The maximum atomic E-state index is 13.4. The molecule has 0 spiro atoms. The van der Waals surface area contributed by atoms with E-state index in [4.69, 9.17) is 10.5 Å². The Bertz CT molecular complexity index is 500.